The van der Waals surface area contributed by atoms with E-state index in [9.17, 15) is 14.9 Å². The topological polar surface area (TPSA) is 109 Å². The van der Waals surface area contributed by atoms with E-state index >= 15 is 0 Å². The Morgan fingerprint density at radius 1 is 1.12 bits per heavy atom. The Morgan fingerprint density at radius 3 is 2.59 bits per heavy atom. The molecule has 3 aromatic rings. The molecule has 2 aliphatic heterocycles. The lowest BCUT2D eigenvalue weighted by molar-refractivity contribution is -0.125. The number of rotatable bonds is 5. The van der Waals surface area contributed by atoms with Gasteiger partial charge in [0, 0.05) is 29.6 Å². The number of pyridine rings is 1. The van der Waals surface area contributed by atoms with Gasteiger partial charge in [0.25, 0.3) is 0 Å². The lowest BCUT2D eigenvalue weighted by atomic mass is 9.67. The molecule has 0 unspecified atom stereocenters. The molecule has 0 bridgehead atoms. The maximum atomic E-state index is 14.2. The minimum Gasteiger partial charge on any atom is -0.497 e. The van der Waals surface area contributed by atoms with E-state index < -0.39 is 29.3 Å². The number of Topliss-reactive ketones (excluding diaryl/α,β-unsaturated/α-hetero) is 1. The minimum absolute atomic E-state index is 0.228. The van der Waals surface area contributed by atoms with E-state index in [0.717, 1.165) is 11.3 Å². The molecule has 3 heterocycles. The van der Waals surface area contributed by atoms with Gasteiger partial charge in [-0.3, -0.25) is 14.6 Å². The second-order valence-corrected chi connectivity index (χ2v) is 8.41. The van der Waals surface area contributed by atoms with Gasteiger partial charge in [-0.05, 0) is 41.5 Å². The Hall–Kier alpha value is -4.44. The maximum absolute atomic E-state index is 14.2. The lowest BCUT2D eigenvalue weighted by Crippen LogP contribution is -2.49. The summed E-state index contributed by atoms with van der Waals surface area (Å²) in [7, 11) is 1.54. The van der Waals surface area contributed by atoms with Gasteiger partial charge in [0.1, 0.15) is 11.8 Å². The molecule has 2 aromatic carbocycles. The van der Waals surface area contributed by atoms with E-state index in [1.807, 2.05) is 41.3 Å². The molecular formula is C27H22N4O3. The fraction of sp³-hybridized carbons (Fsp3) is 0.185. The number of ether oxygens (including phenoxy) is 1. The van der Waals surface area contributed by atoms with Gasteiger partial charge >= 0.3 is 0 Å². The van der Waals surface area contributed by atoms with E-state index in [-0.39, 0.29) is 5.78 Å². The number of hydrogen-bond acceptors (Lipinski definition) is 6. The molecule has 2 N–H and O–H groups in total. The molecule has 168 valence electrons. The number of para-hydroxylation sites is 1. The first kappa shape index (κ1) is 21.4. The molecular weight excluding hydrogens is 428 g/mol. The highest BCUT2D eigenvalue weighted by atomic mass is 16.5. The summed E-state index contributed by atoms with van der Waals surface area (Å²) >= 11 is 0. The zero-order chi connectivity index (χ0) is 23.9. The second-order valence-electron chi connectivity index (χ2n) is 8.41. The number of carbonyl (C=O) groups excluding carboxylic acids is 2. The van der Waals surface area contributed by atoms with Crippen molar-refractivity contribution in [3.05, 3.63) is 95.8 Å². The number of fused-ring (bicyclic) bond motifs is 3. The summed E-state index contributed by atoms with van der Waals surface area (Å²) in [6, 6.07) is 18.6. The Labute approximate surface area is 197 Å². The molecule has 0 aliphatic carbocycles. The van der Waals surface area contributed by atoms with Crippen LogP contribution < -0.4 is 15.4 Å². The average molecular weight is 450 g/mol. The standard InChI is InChI=1S/C27H22N4O3/c1-34-20-7-4-6-19(15-20)25(32)24-23(18-11-13-30-14-12-18)27(16-28,26(29)33)22-10-9-17-5-2-3-8-21(17)31(22)24/h2-15,22-24H,1H3,(H2,29,33)/t22-,23+,24-,27+/m1/s1. The van der Waals surface area contributed by atoms with E-state index in [1.54, 1.807) is 48.8 Å². The third-order valence-electron chi connectivity index (χ3n) is 6.83. The number of benzene rings is 2. The molecule has 1 saturated heterocycles. The summed E-state index contributed by atoms with van der Waals surface area (Å²) in [6.45, 7) is 0. The molecule has 7 heteroatoms. The first-order chi connectivity index (χ1) is 16.5. The summed E-state index contributed by atoms with van der Waals surface area (Å²) in [5, 5.41) is 10.5. The number of methoxy groups -OCH3 is 1. The number of aromatic nitrogens is 1. The Morgan fingerprint density at radius 2 is 1.88 bits per heavy atom. The van der Waals surface area contributed by atoms with Crippen LogP contribution in [0, 0.1) is 16.7 Å². The number of nitrogens with two attached hydrogens (primary N) is 1. The summed E-state index contributed by atoms with van der Waals surface area (Å²) in [4.78, 5) is 33.3. The predicted molar refractivity (Wildman–Crippen MR) is 127 cm³/mol. The lowest BCUT2D eigenvalue weighted by Gasteiger charge is -2.36. The normalized spacial score (nSPS) is 24.6. The summed E-state index contributed by atoms with van der Waals surface area (Å²) in [5.74, 6) is -1.27. The smallest absolute Gasteiger partial charge is 0.241 e. The van der Waals surface area contributed by atoms with Gasteiger partial charge in [-0.25, -0.2) is 0 Å². The molecule has 0 radical (unpaired) electrons. The number of carbonyl (C=O) groups is 2. The highest BCUT2D eigenvalue weighted by Crippen LogP contribution is 2.55. The van der Waals surface area contributed by atoms with Crippen molar-refractivity contribution in [2.24, 2.45) is 11.1 Å². The summed E-state index contributed by atoms with van der Waals surface area (Å²) in [6.07, 6.45) is 6.87. The number of primary amides is 1. The van der Waals surface area contributed by atoms with Crippen LogP contribution in [0.5, 0.6) is 5.75 Å². The monoisotopic (exact) mass is 450 g/mol. The molecule has 34 heavy (non-hydrogen) atoms. The Kier molecular flexibility index (Phi) is 5.14. The van der Waals surface area contributed by atoms with Crippen molar-refractivity contribution in [2.45, 2.75) is 18.0 Å². The van der Waals surface area contributed by atoms with Crippen LogP contribution in [0.4, 0.5) is 5.69 Å². The van der Waals surface area contributed by atoms with Crippen LogP contribution in [0.25, 0.3) is 6.08 Å². The van der Waals surface area contributed by atoms with E-state index in [1.165, 1.54) is 7.11 Å². The third kappa shape index (κ3) is 3.00. The van der Waals surface area contributed by atoms with Crippen LogP contribution >= 0.6 is 0 Å². The Balaban J connectivity index is 1.80. The van der Waals surface area contributed by atoms with Gasteiger partial charge in [-0.2, -0.15) is 5.26 Å². The summed E-state index contributed by atoms with van der Waals surface area (Å²) < 4.78 is 5.33. The molecule has 1 fully saturated rings. The van der Waals surface area contributed by atoms with Gasteiger partial charge in [0.2, 0.25) is 5.91 Å². The van der Waals surface area contributed by atoms with Crippen molar-refractivity contribution in [1.29, 1.82) is 5.26 Å². The van der Waals surface area contributed by atoms with Gasteiger partial charge < -0.3 is 15.4 Å². The minimum atomic E-state index is -1.68. The van der Waals surface area contributed by atoms with Crippen molar-refractivity contribution >= 4 is 23.5 Å². The maximum Gasteiger partial charge on any atom is 0.241 e. The van der Waals surface area contributed by atoms with Crippen molar-refractivity contribution in [3.63, 3.8) is 0 Å². The quantitative estimate of drug-likeness (QED) is 0.597. The molecule has 5 rings (SSSR count). The van der Waals surface area contributed by atoms with E-state index in [0.29, 0.717) is 16.9 Å². The number of anilines is 1. The number of ketones is 1. The first-order valence-corrected chi connectivity index (χ1v) is 10.9. The van der Waals surface area contributed by atoms with Crippen molar-refractivity contribution in [2.75, 3.05) is 12.0 Å². The van der Waals surface area contributed by atoms with Crippen LogP contribution in [-0.2, 0) is 4.79 Å². The molecule has 0 spiro atoms. The molecule has 2 aliphatic rings. The Bertz CT molecular complexity index is 1350. The fourth-order valence-corrected chi connectivity index (χ4v) is 5.32. The SMILES string of the molecule is COc1cccc(C(=O)[C@H]2[C@H](c3ccncc3)[C@@](C#N)(C(N)=O)[C@H]3C=Cc4ccccc4N23)c1. The van der Waals surface area contributed by atoms with Crippen LogP contribution in [0.1, 0.15) is 27.4 Å². The fourth-order valence-electron chi connectivity index (χ4n) is 5.32. The van der Waals surface area contributed by atoms with E-state index in [2.05, 4.69) is 11.1 Å². The van der Waals surface area contributed by atoms with Gasteiger partial charge in [-0.1, -0.05) is 42.5 Å². The highest BCUT2D eigenvalue weighted by Gasteiger charge is 2.65. The largest absolute Gasteiger partial charge is 0.497 e. The van der Waals surface area contributed by atoms with Crippen LogP contribution in [-0.4, -0.2) is 35.9 Å². The number of nitrogens with zero attached hydrogens (tertiary/aromatic N) is 3. The van der Waals surface area contributed by atoms with Crippen molar-refractivity contribution in [1.82, 2.24) is 4.98 Å². The average Bonchev–Trinajstić information content (AvgIpc) is 3.20. The molecule has 1 aromatic heterocycles. The molecule has 0 saturated carbocycles. The molecule has 4 atom stereocenters. The third-order valence-corrected chi connectivity index (χ3v) is 6.83. The highest BCUT2D eigenvalue weighted by molar-refractivity contribution is 6.06. The van der Waals surface area contributed by atoms with Crippen LogP contribution in [0.2, 0.25) is 0 Å². The number of hydrogen-bond donors (Lipinski definition) is 1. The predicted octanol–water partition coefficient (Wildman–Crippen LogP) is 3.34. The zero-order valence-corrected chi connectivity index (χ0v) is 18.5. The van der Waals surface area contributed by atoms with Crippen molar-refractivity contribution < 1.29 is 14.3 Å². The molecule has 7 nitrogen and oxygen atoms in total. The summed E-state index contributed by atoms with van der Waals surface area (Å²) in [5.41, 5.74) is 7.04. The van der Waals surface area contributed by atoms with Gasteiger partial charge in [-0.15, -0.1) is 0 Å². The second kappa shape index (κ2) is 8.16. The zero-order valence-electron chi connectivity index (χ0n) is 18.5. The molecule has 1 amide bonds. The van der Waals surface area contributed by atoms with Crippen LogP contribution in [0.15, 0.2) is 79.1 Å². The van der Waals surface area contributed by atoms with Gasteiger partial charge in [0.15, 0.2) is 11.2 Å². The van der Waals surface area contributed by atoms with Gasteiger partial charge in [0.05, 0.1) is 19.2 Å². The number of nitriles is 1. The van der Waals surface area contributed by atoms with E-state index in [4.69, 9.17) is 10.5 Å². The van der Waals surface area contributed by atoms with Crippen molar-refractivity contribution in [3.8, 4) is 11.8 Å². The first-order valence-electron chi connectivity index (χ1n) is 10.9. The van der Waals surface area contributed by atoms with Crippen LogP contribution in [0.3, 0.4) is 0 Å². The number of amides is 1.